The lowest BCUT2D eigenvalue weighted by Crippen LogP contribution is -2.31. The Morgan fingerprint density at radius 2 is 2.25 bits per heavy atom. The first-order valence-electron chi connectivity index (χ1n) is 1.73. The molecule has 0 radical (unpaired) electrons. The van der Waals surface area contributed by atoms with E-state index in [1.807, 2.05) is 0 Å². The van der Waals surface area contributed by atoms with Gasteiger partial charge in [0.2, 0.25) is 0 Å². The SMILES string of the molecule is Cl.N[C@@H](CBr)C(=O)O. The Hall–Kier alpha value is 0.200. The predicted molar refractivity (Wildman–Crippen MR) is 36.7 cm³/mol. The number of carboxylic acids is 1. The van der Waals surface area contributed by atoms with Crippen molar-refractivity contribution in [2.45, 2.75) is 6.04 Å². The zero-order valence-electron chi connectivity index (χ0n) is 4.00. The van der Waals surface area contributed by atoms with Crippen molar-refractivity contribution < 1.29 is 9.90 Å². The van der Waals surface area contributed by atoms with Crippen LogP contribution in [0.15, 0.2) is 0 Å². The molecule has 0 fully saturated rings. The second-order valence-electron chi connectivity index (χ2n) is 1.10. The topological polar surface area (TPSA) is 63.3 Å². The normalized spacial score (nSPS) is 11.8. The van der Waals surface area contributed by atoms with Gasteiger partial charge in [0.25, 0.3) is 0 Å². The number of hydrogen-bond donors (Lipinski definition) is 2. The summed E-state index contributed by atoms with van der Waals surface area (Å²) in [5.41, 5.74) is 4.97. The lowest BCUT2D eigenvalue weighted by Gasteiger charge is -1.95. The maximum Gasteiger partial charge on any atom is 0.321 e. The van der Waals surface area contributed by atoms with Crippen molar-refractivity contribution in [2.24, 2.45) is 5.73 Å². The first-order chi connectivity index (χ1) is 3.18. The van der Waals surface area contributed by atoms with E-state index in [4.69, 9.17) is 10.8 Å². The van der Waals surface area contributed by atoms with Crippen LogP contribution in [0.5, 0.6) is 0 Å². The molecule has 0 heterocycles. The van der Waals surface area contributed by atoms with Crippen molar-refractivity contribution in [3.63, 3.8) is 0 Å². The van der Waals surface area contributed by atoms with E-state index in [0.29, 0.717) is 5.33 Å². The Bertz CT molecular complexity index is 79.7. The third kappa shape index (κ3) is 4.36. The molecule has 0 amide bonds. The van der Waals surface area contributed by atoms with Gasteiger partial charge in [0, 0.05) is 5.33 Å². The monoisotopic (exact) mass is 203 g/mol. The van der Waals surface area contributed by atoms with Gasteiger partial charge in [-0.2, -0.15) is 0 Å². The highest BCUT2D eigenvalue weighted by Gasteiger charge is 2.06. The molecule has 0 aliphatic heterocycles. The average Bonchev–Trinajstić information content (AvgIpc) is 1.65. The molecule has 0 aromatic carbocycles. The molecule has 0 aromatic rings. The summed E-state index contributed by atoms with van der Waals surface area (Å²) in [5, 5.41) is 8.33. The number of rotatable bonds is 2. The maximum absolute atomic E-state index is 9.78. The molecule has 8 heavy (non-hydrogen) atoms. The smallest absolute Gasteiger partial charge is 0.321 e. The van der Waals surface area contributed by atoms with Gasteiger partial charge in [-0.05, 0) is 0 Å². The molecule has 0 aliphatic carbocycles. The average molecular weight is 204 g/mol. The minimum Gasteiger partial charge on any atom is -0.480 e. The van der Waals surface area contributed by atoms with E-state index in [2.05, 4.69) is 15.9 Å². The van der Waals surface area contributed by atoms with Crippen molar-refractivity contribution in [1.29, 1.82) is 0 Å². The summed E-state index contributed by atoms with van der Waals surface area (Å²) in [6.45, 7) is 0. The Morgan fingerprint density at radius 3 is 2.25 bits per heavy atom. The van der Waals surface area contributed by atoms with E-state index in [1.54, 1.807) is 0 Å². The molecule has 0 unspecified atom stereocenters. The molecule has 1 atom stereocenters. The van der Waals surface area contributed by atoms with Crippen LogP contribution in [0.2, 0.25) is 0 Å². The number of alkyl halides is 1. The van der Waals surface area contributed by atoms with E-state index in [-0.39, 0.29) is 12.4 Å². The van der Waals surface area contributed by atoms with Gasteiger partial charge in [-0.25, -0.2) is 0 Å². The van der Waals surface area contributed by atoms with Crippen molar-refractivity contribution in [3.05, 3.63) is 0 Å². The van der Waals surface area contributed by atoms with Crippen LogP contribution in [0.1, 0.15) is 0 Å². The maximum atomic E-state index is 9.78. The Morgan fingerprint density at radius 1 is 1.88 bits per heavy atom. The first kappa shape index (κ1) is 11.1. The van der Waals surface area contributed by atoms with Crippen molar-refractivity contribution in [1.82, 2.24) is 0 Å². The largest absolute Gasteiger partial charge is 0.480 e. The van der Waals surface area contributed by atoms with Crippen LogP contribution in [0.4, 0.5) is 0 Å². The fourth-order valence-corrected chi connectivity index (χ4v) is 0.343. The second-order valence-corrected chi connectivity index (χ2v) is 1.75. The van der Waals surface area contributed by atoms with Gasteiger partial charge < -0.3 is 10.8 Å². The van der Waals surface area contributed by atoms with Crippen LogP contribution in [0.25, 0.3) is 0 Å². The number of halogens is 2. The molecule has 0 spiro atoms. The number of hydrogen-bond acceptors (Lipinski definition) is 2. The lowest BCUT2D eigenvalue weighted by atomic mass is 10.4. The molecule has 50 valence electrons. The van der Waals surface area contributed by atoms with Crippen LogP contribution in [0, 0.1) is 0 Å². The standard InChI is InChI=1S/C3H6BrNO2.ClH/c4-1-2(5)3(6)7;/h2H,1,5H2,(H,6,7);1H/t2-;/m0./s1. The van der Waals surface area contributed by atoms with E-state index in [0.717, 1.165) is 0 Å². The molecular weight excluding hydrogens is 197 g/mol. The quantitative estimate of drug-likeness (QED) is 0.632. The summed E-state index contributed by atoms with van der Waals surface area (Å²) in [5.74, 6) is -0.975. The highest BCUT2D eigenvalue weighted by atomic mass is 79.9. The first-order valence-corrected chi connectivity index (χ1v) is 2.85. The molecule has 0 rings (SSSR count). The zero-order valence-corrected chi connectivity index (χ0v) is 6.41. The summed E-state index contributed by atoms with van der Waals surface area (Å²) >= 11 is 2.91. The Kier molecular flexibility index (Phi) is 7.38. The molecule has 3 nitrogen and oxygen atoms in total. The molecule has 3 N–H and O–H groups in total. The van der Waals surface area contributed by atoms with Crippen molar-refractivity contribution >= 4 is 34.3 Å². The van der Waals surface area contributed by atoms with Crippen LogP contribution in [-0.4, -0.2) is 22.4 Å². The fourth-order valence-electron chi connectivity index (χ4n) is 0.0660. The molecule has 5 heteroatoms. The van der Waals surface area contributed by atoms with Crippen LogP contribution in [-0.2, 0) is 4.79 Å². The van der Waals surface area contributed by atoms with Crippen molar-refractivity contribution in [2.75, 3.05) is 5.33 Å². The summed E-state index contributed by atoms with van der Waals surface area (Å²) in [4.78, 5) is 9.78. The van der Waals surface area contributed by atoms with Gasteiger partial charge in [-0.1, -0.05) is 15.9 Å². The molecule has 0 bridgehead atoms. The van der Waals surface area contributed by atoms with Gasteiger partial charge >= 0.3 is 5.97 Å². The third-order valence-electron chi connectivity index (χ3n) is 0.483. The second kappa shape index (κ2) is 5.34. The van der Waals surface area contributed by atoms with Gasteiger partial charge in [-0.15, -0.1) is 12.4 Å². The van der Waals surface area contributed by atoms with Crippen molar-refractivity contribution in [3.8, 4) is 0 Å². The molecule has 0 aromatic heterocycles. The number of carbonyl (C=O) groups is 1. The van der Waals surface area contributed by atoms with E-state index in [9.17, 15) is 4.79 Å². The van der Waals surface area contributed by atoms with Crippen LogP contribution >= 0.6 is 28.3 Å². The van der Waals surface area contributed by atoms with E-state index in [1.165, 1.54) is 0 Å². The van der Waals surface area contributed by atoms with Gasteiger partial charge in [0.15, 0.2) is 0 Å². The Balaban J connectivity index is 0. The fraction of sp³-hybridized carbons (Fsp3) is 0.667. The minimum absolute atomic E-state index is 0. The summed E-state index contributed by atoms with van der Waals surface area (Å²) in [6, 6.07) is -0.764. The van der Waals surface area contributed by atoms with Gasteiger partial charge in [0.1, 0.15) is 6.04 Å². The van der Waals surface area contributed by atoms with Crippen LogP contribution < -0.4 is 5.73 Å². The summed E-state index contributed by atoms with van der Waals surface area (Å²) in [7, 11) is 0. The zero-order chi connectivity index (χ0) is 5.86. The Labute approximate surface area is 61.8 Å². The number of aliphatic carboxylic acids is 1. The number of nitrogens with two attached hydrogens (primary N) is 1. The van der Waals surface area contributed by atoms with Gasteiger partial charge in [0.05, 0.1) is 0 Å². The lowest BCUT2D eigenvalue weighted by molar-refractivity contribution is -0.137. The molecule has 0 saturated carbocycles. The highest BCUT2D eigenvalue weighted by Crippen LogP contribution is 1.84. The molecular formula is C3H7BrClNO2. The highest BCUT2D eigenvalue weighted by molar-refractivity contribution is 9.09. The van der Waals surface area contributed by atoms with Gasteiger partial charge in [-0.3, -0.25) is 4.79 Å². The van der Waals surface area contributed by atoms with E-state index < -0.39 is 12.0 Å². The molecule has 0 saturated heterocycles. The van der Waals surface area contributed by atoms with Crippen LogP contribution in [0.3, 0.4) is 0 Å². The third-order valence-corrected chi connectivity index (χ3v) is 1.18. The minimum atomic E-state index is -0.975. The van der Waals surface area contributed by atoms with E-state index >= 15 is 0 Å². The molecule has 0 aliphatic rings. The summed E-state index contributed by atoms with van der Waals surface area (Å²) < 4.78 is 0. The number of carboxylic acid groups (broad SMARTS) is 1. The predicted octanol–water partition coefficient (Wildman–Crippen LogP) is 0.215. The summed E-state index contributed by atoms with van der Waals surface area (Å²) in [6.07, 6.45) is 0.